The van der Waals surface area contributed by atoms with Crippen molar-refractivity contribution in [3.63, 3.8) is 0 Å². The van der Waals surface area contributed by atoms with Gasteiger partial charge in [-0.1, -0.05) is 0 Å². The largest absolute Gasteiger partial charge is 0.491 e. The van der Waals surface area contributed by atoms with E-state index in [-0.39, 0.29) is 12.6 Å². The highest BCUT2D eigenvalue weighted by molar-refractivity contribution is 5.96. The van der Waals surface area contributed by atoms with E-state index in [0.717, 1.165) is 24.8 Å². The first-order valence-corrected chi connectivity index (χ1v) is 9.46. The molecule has 1 aliphatic heterocycles. The molecule has 0 spiro atoms. The number of carbonyl (C=O) groups is 2. The van der Waals surface area contributed by atoms with Crippen molar-refractivity contribution in [1.29, 1.82) is 0 Å². The number of aliphatic imine (C=N–C) groups is 1. The molecule has 0 aliphatic carbocycles. The van der Waals surface area contributed by atoms with Crippen molar-refractivity contribution in [3.05, 3.63) is 35.2 Å². The van der Waals surface area contributed by atoms with Crippen LogP contribution < -0.4 is 20.9 Å². The van der Waals surface area contributed by atoms with E-state index in [1.165, 1.54) is 0 Å². The van der Waals surface area contributed by atoms with Gasteiger partial charge in [-0.25, -0.2) is 5.43 Å². The molecule has 0 fully saturated rings. The molecule has 162 valence electrons. The maximum Gasteiger partial charge on any atom is 0.248 e. The molecular formula is C20H28N6O4. The SMILES string of the molecule is C=Nc1cc(C(N)=O)cc2c1N(NC)C(CO)CCCO2.Cc1cc(C=O)n(C)n1. The van der Waals surface area contributed by atoms with Gasteiger partial charge in [-0.2, -0.15) is 5.10 Å². The van der Waals surface area contributed by atoms with Crippen molar-refractivity contribution < 1.29 is 19.4 Å². The maximum absolute atomic E-state index is 11.4. The lowest BCUT2D eigenvalue weighted by molar-refractivity contribution is 0.0999. The summed E-state index contributed by atoms with van der Waals surface area (Å²) in [5.74, 6) is -0.0516. The molecule has 0 saturated heterocycles. The molecule has 1 aromatic heterocycles. The number of aliphatic hydroxyl groups is 1. The number of aryl methyl sites for hydroxylation is 2. The van der Waals surface area contributed by atoms with Crippen LogP contribution >= 0.6 is 0 Å². The number of benzene rings is 1. The van der Waals surface area contributed by atoms with Crippen molar-refractivity contribution in [3.8, 4) is 5.75 Å². The second-order valence-electron chi connectivity index (χ2n) is 6.74. The number of aromatic nitrogens is 2. The first-order chi connectivity index (χ1) is 14.4. The van der Waals surface area contributed by atoms with Crippen molar-refractivity contribution >= 4 is 30.3 Å². The summed E-state index contributed by atoms with van der Waals surface area (Å²) in [6.07, 6.45) is 2.35. The molecule has 4 N–H and O–H groups in total. The first-order valence-electron chi connectivity index (χ1n) is 9.46. The number of amides is 1. The van der Waals surface area contributed by atoms with Crippen LogP contribution in [0.15, 0.2) is 23.2 Å². The maximum atomic E-state index is 11.4. The van der Waals surface area contributed by atoms with Crippen LogP contribution in [0.3, 0.4) is 0 Å². The van der Waals surface area contributed by atoms with Gasteiger partial charge in [-0.3, -0.25) is 24.3 Å². The number of hydrogen-bond acceptors (Lipinski definition) is 8. The summed E-state index contributed by atoms with van der Waals surface area (Å²) < 4.78 is 7.29. The van der Waals surface area contributed by atoms with Gasteiger partial charge in [-0.05, 0) is 44.7 Å². The van der Waals surface area contributed by atoms with Gasteiger partial charge in [0.1, 0.15) is 17.1 Å². The van der Waals surface area contributed by atoms with Gasteiger partial charge in [-0.15, -0.1) is 0 Å². The summed E-state index contributed by atoms with van der Waals surface area (Å²) in [6, 6.07) is 4.79. The van der Waals surface area contributed by atoms with Gasteiger partial charge in [0.2, 0.25) is 5.91 Å². The molecule has 2 heterocycles. The fraction of sp³-hybridized carbons (Fsp3) is 0.400. The summed E-state index contributed by atoms with van der Waals surface area (Å²) in [5, 5.41) is 15.4. The number of nitrogens with one attached hydrogen (secondary N) is 1. The van der Waals surface area contributed by atoms with E-state index < -0.39 is 5.91 Å². The number of aliphatic hydroxyl groups excluding tert-OH is 1. The Labute approximate surface area is 175 Å². The van der Waals surface area contributed by atoms with Crippen molar-refractivity contribution in [2.45, 2.75) is 25.8 Å². The number of rotatable bonds is 5. The molecule has 30 heavy (non-hydrogen) atoms. The highest BCUT2D eigenvalue weighted by Gasteiger charge is 2.26. The number of hydrazine groups is 1. The van der Waals surface area contributed by atoms with Gasteiger partial charge in [0.15, 0.2) is 6.29 Å². The first kappa shape index (κ1) is 23.0. The van der Waals surface area contributed by atoms with Crippen LogP contribution in [-0.4, -0.2) is 60.1 Å². The van der Waals surface area contributed by atoms with Gasteiger partial charge < -0.3 is 15.6 Å². The topological polar surface area (TPSA) is 135 Å². The van der Waals surface area contributed by atoms with Gasteiger partial charge in [0.25, 0.3) is 0 Å². The zero-order valence-corrected chi connectivity index (χ0v) is 17.5. The lowest BCUT2D eigenvalue weighted by Gasteiger charge is -2.35. The number of carbonyl (C=O) groups excluding carboxylic acids is 2. The number of anilines is 1. The van der Waals surface area contributed by atoms with Crippen LogP contribution in [0, 0.1) is 6.92 Å². The third kappa shape index (κ3) is 5.22. The third-order valence-electron chi connectivity index (χ3n) is 4.67. The number of ether oxygens (including phenoxy) is 1. The monoisotopic (exact) mass is 416 g/mol. The minimum Gasteiger partial charge on any atom is -0.491 e. The molecule has 0 radical (unpaired) electrons. The zero-order chi connectivity index (χ0) is 22.3. The van der Waals surface area contributed by atoms with Gasteiger partial charge >= 0.3 is 0 Å². The van der Waals surface area contributed by atoms with E-state index in [4.69, 9.17) is 10.5 Å². The Morgan fingerprint density at radius 1 is 1.50 bits per heavy atom. The standard InChI is InChI=1S/C14H20N4O3.C6H8N2O/c1-16-11-6-9(14(15)20)7-12-13(11)18(17-2)10(8-19)4-3-5-21-12;1-5-3-6(4-9)8(2)7-5/h6-7,10,17,19H,1,3-5,8H2,2H3,(H2,15,20);3-4H,1-2H3. The Morgan fingerprint density at radius 3 is 2.70 bits per heavy atom. The Bertz CT molecular complexity index is 911. The molecular weight excluding hydrogens is 388 g/mol. The van der Waals surface area contributed by atoms with Crippen LogP contribution in [0.2, 0.25) is 0 Å². The molecule has 2 aromatic rings. The van der Waals surface area contributed by atoms with Crippen LogP contribution in [0.1, 0.15) is 39.4 Å². The molecule has 1 atom stereocenters. The van der Waals surface area contributed by atoms with E-state index in [2.05, 4.69) is 22.2 Å². The smallest absolute Gasteiger partial charge is 0.248 e. The average molecular weight is 416 g/mol. The molecule has 1 amide bonds. The normalized spacial score (nSPS) is 15.6. The second-order valence-corrected chi connectivity index (χ2v) is 6.74. The van der Waals surface area contributed by atoms with E-state index >= 15 is 0 Å². The Morgan fingerprint density at radius 2 is 2.23 bits per heavy atom. The van der Waals surface area contributed by atoms with E-state index in [1.807, 2.05) is 6.92 Å². The Balaban J connectivity index is 0.000000297. The lowest BCUT2D eigenvalue weighted by atomic mass is 10.1. The second kappa shape index (κ2) is 10.5. The summed E-state index contributed by atoms with van der Waals surface area (Å²) in [6.45, 7) is 5.89. The van der Waals surface area contributed by atoms with Crippen molar-refractivity contribution in [1.82, 2.24) is 15.2 Å². The molecule has 1 unspecified atom stereocenters. The number of primary amides is 1. The Hall–Kier alpha value is -3.24. The predicted octanol–water partition coefficient (Wildman–Crippen LogP) is 1.13. The van der Waals surface area contributed by atoms with Crippen molar-refractivity contribution in [2.75, 3.05) is 25.3 Å². The minimum absolute atomic E-state index is 0.00552. The van der Waals surface area contributed by atoms with Crippen LogP contribution in [0.25, 0.3) is 0 Å². The van der Waals surface area contributed by atoms with E-state index in [0.29, 0.717) is 35.0 Å². The number of hydrogen-bond donors (Lipinski definition) is 3. The molecule has 1 aliphatic rings. The molecule has 10 heteroatoms. The zero-order valence-electron chi connectivity index (χ0n) is 17.5. The quantitative estimate of drug-likeness (QED) is 0.491. The summed E-state index contributed by atoms with van der Waals surface area (Å²) in [4.78, 5) is 25.6. The number of nitrogens with two attached hydrogens (primary N) is 1. The molecule has 1 aromatic carbocycles. The molecule has 3 rings (SSSR count). The average Bonchev–Trinajstić information content (AvgIpc) is 3.05. The highest BCUT2D eigenvalue weighted by Crippen LogP contribution is 2.41. The molecule has 10 nitrogen and oxygen atoms in total. The van der Waals surface area contributed by atoms with E-state index in [1.54, 1.807) is 42.0 Å². The summed E-state index contributed by atoms with van der Waals surface area (Å²) in [5.41, 5.74) is 11.3. The summed E-state index contributed by atoms with van der Waals surface area (Å²) in [7, 11) is 3.50. The number of aldehydes is 1. The third-order valence-corrected chi connectivity index (χ3v) is 4.67. The van der Waals surface area contributed by atoms with Gasteiger partial charge in [0, 0.05) is 19.7 Å². The fourth-order valence-electron chi connectivity index (χ4n) is 3.23. The summed E-state index contributed by atoms with van der Waals surface area (Å²) >= 11 is 0. The van der Waals surface area contributed by atoms with Crippen molar-refractivity contribution in [2.24, 2.45) is 17.8 Å². The van der Waals surface area contributed by atoms with Crippen LogP contribution in [-0.2, 0) is 7.05 Å². The molecule has 0 bridgehead atoms. The Kier molecular flexibility index (Phi) is 8.07. The lowest BCUT2D eigenvalue weighted by Crippen LogP contribution is -2.47. The number of fused-ring (bicyclic) bond motifs is 1. The highest BCUT2D eigenvalue weighted by atomic mass is 16.5. The fourth-order valence-corrected chi connectivity index (χ4v) is 3.23. The minimum atomic E-state index is -0.553. The van der Waals surface area contributed by atoms with Gasteiger partial charge in [0.05, 0.1) is 30.6 Å². The van der Waals surface area contributed by atoms with Crippen LogP contribution in [0.4, 0.5) is 11.4 Å². The molecule has 0 saturated carbocycles. The predicted molar refractivity (Wildman–Crippen MR) is 115 cm³/mol. The van der Waals surface area contributed by atoms with Crippen LogP contribution in [0.5, 0.6) is 5.75 Å². The van der Waals surface area contributed by atoms with E-state index in [9.17, 15) is 14.7 Å². The number of nitrogens with zero attached hydrogens (tertiary/aromatic N) is 4.